The summed E-state index contributed by atoms with van der Waals surface area (Å²) in [6.45, 7) is 3.86. The van der Waals surface area contributed by atoms with E-state index in [2.05, 4.69) is 10.3 Å². The fourth-order valence-electron chi connectivity index (χ4n) is 2.63. The van der Waals surface area contributed by atoms with Gasteiger partial charge in [0.1, 0.15) is 23.1 Å². The minimum atomic E-state index is -0.933. The van der Waals surface area contributed by atoms with Crippen molar-refractivity contribution < 1.29 is 23.8 Å². The van der Waals surface area contributed by atoms with Crippen LogP contribution in [0.25, 0.3) is 0 Å². The van der Waals surface area contributed by atoms with Gasteiger partial charge < -0.3 is 19.5 Å². The van der Waals surface area contributed by atoms with Gasteiger partial charge in [-0.1, -0.05) is 17.7 Å². The van der Waals surface area contributed by atoms with Crippen LogP contribution in [-0.4, -0.2) is 30.1 Å². The number of hydrogen-bond acceptors (Lipinski definition) is 7. The van der Waals surface area contributed by atoms with Crippen molar-refractivity contribution in [3.8, 4) is 11.5 Å². The summed E-state index contributed by atoms with van der Waals surface area (Å²) < 4.78 is 16.0. The summed E-state index contributed by atoms with van der Waals surface area (Å²) in [4.78, 5) is 28.8. The summed E-state index contributed by atoms with van der Waals surface area (Å²) in [6, 6.07) is 14.6. The number of nitrogens with zero attached hydrogens (tertiary/aromatic N) is 1. The molecule has 1 N–H and O–H groups in total. The third-order valence-corrected chi connectivity index (χ3v) is 5.21. The minimum Gasteiger partial charge on any atom is -0.497 e. The first kappa shape index (κ1) is 22.3. The molecule has 0 saturated heterocycles. The van der Waals surface area contributed by atoms with E-state index in [0.29, 0.717) is 23.7 Å². The van der Waals surface area contributed by atoms with Crippen LogP contribution in [0.4, 0.5) is 5.69 Å². The van der Waals surface area contributed by atoms with E-state index >= 15 is 0 Å². The SMILES string of the molecule is COc1ccc(NC(=O)C(C)OC(=O)Cc2csc(COc3ccc(C)cc3)n2)cc1. The molecule has 31 heavy (non-hydrogen) atoms. The van der Waals surface area contributed by atoms with Gasteiger partial charge in [0.05, 0.1) is 19.2 Å². The molecule has 0 aliphatic rings. The van der Waals surface area contributed by atoms with E-state index < -0.39 is 18.0 Å². The van der Waals surface area contributed by atoms with Crippen LogP contribution in [0.15, 0.2) is 53.9 Å². The summed E-state index contributed by atoms with van der Waals surface area (Å²) in [5.74, 6) is 0.514. The Balaban J connectivity index is 1.45. The molecule has 7 nitrogen and oxygen atoms in total. The monoisotopic (exact) mass is 440 g/mol. The Morgan fingerprint density at radius 1 is 1.06 bits per heavy atom. The van der Waals surface area contributed by atoms with Gasteiger partial charge in [0.25, 0.3) is 5.91 Å². The zero-order chi connectivity index (χ0) is 22.2. The van der Waals surface area contributed by atoms with Crippen molar-refractivity contribution in [3.63, 3.8) is 0 Å². The molecule has 0 saturated carbocycles. The molecule has 3 aromatic rings. The quantitative estimate of drug-likeness (QED) is 0.503. The van der Waals surface area contributed by atoms with Crippen LogP contribution in [0.3, 0.4) is 0 Å². The van der Waals surface area contributed by atoms with Gasteiger partial charge in [-0.2, -0.15) is 0 Å². The third kappa shape index (κ3) is 6.82. The van der Waals surface area contributed by atoms with Gasteiger partial charge in [-0.05, 0) is 50.2 Å². The number of hydrogen-bond donors (Lipinski definition) is 1. The van der Waals surface area contributed by atoms with Crippen molar-refractivity contribution in [1.82, 2.24) is 4.98 Å². The minimum absolute atomic E-state index is 0.0127. The highest BCUT2D eigenvalue weighted by atomic mass is 32.1. The number of benzene rings is 2. The highest BCUT2D eigenvalue weighted by Gasteiger charge is 2.19. The number of esters is 1. The topological polar surface area (TPSA) is 86.8 Å². The highest BCUT2D eigenvalue weighted by Crippen LogP contribution is 2.17. The molecule has 0 aliphatic heterocycles. The number of nitrogens with one attached hydrogen (secondary N) is 1. The second-order valence-corrected chi connectivity index (χ2v) is 7.80. The fourth-order valence-corrected chi connectivity index (χ4v) is 3.34. The standard InChI is InChI=1S/C23H24N2O5S/c1-15-4-8-20(9-5-15)29-13-21-24-18(14-31-21)12-22(26)30-16(2)23(27)25-17-6-10-19(28-3)11-7-17/h4-11,14,16H,12-13H2,1-3H3,(H,25,27). The molecule has 1 unspecified atom stereocenters. The highest BCUT2D eigenvalue weighted by molar-refractivity contribution is 7.09. The Morgan fingerprint density at radius 3 is 2.42 bits per heavy atom. The van der Waals surface area contributed by atoms with Crippen molar-refractivity contribution in [3.05, 3.63) is 70.2 Å². The molecule has 0 bridgehead atoms. The van der Waals surface area contributed by atoms with Gasteiger partial charge in [-0.3, -0.25) is 9.59 Å². The van der Waals surface area contributed by atoms with E-state index in [1.54, 1.807) is 36.8 Å². The number of ether oxygens (including phenoxy) is 3. The number of rotatable bonds is 9. The van der Waals surface area contributed by atoms with E-state index in [1.165, 1.54) is 18.3 Å². The number of carbonyl (C=O) groups is 2. The first-order chi connectivity index (χ1) is 14.9. The average Bonchev–Trinajstić information content (AvgIpc) is 3.20. The predicted octanol–water partition coefficient (Wildman–Crippen LogP) is 4.15. The van der Waals surface area contributed by atoms with Gasteiger partial charge in [0, 0.05) is 11.1 Å². The third-order valence-electron chi connectivity index (χ3n) is 4.34. The van der Waals surface area contributed by atoms with Gasteiger partial charge in [-0.15, -0.1) is 11.3 Å². The molecule has 0 spiro atoms. The molecule has 0 fully saturated rings. The van der Waals surface area contributed by atoms with Crippen molar-refractivity contribution in [2.45, 2.75) is 33.0 Å². The van der Waals surface area contributed by atoms with Crippen LogP contribution >= 0.6 is 11.3 Å². The van der Waals surface area contributed by atoms with Crippen LogP contribution in [-0.2, 0) is 27.4 Å². The van der Waals surface area contributed by atoms with Gasteiger partial charge >= 0.3 is 5.97 Å². The Bertz CT molecular complexity index is 1020. The molecule has 1 atom stereocenters. The molecule has 3 rings (SSSR count). The van der Waals surface area contributed by atoms with Crippen molar-refractivity contribution in [2.75, 3.05) is 12.4 Å². The molecule has 162 valence electrons. The van der Waals surface area contributed by atoms with E-state index in [0.717, 1.165) is 16.3 Å². The molecule has 1 aromatic heterocycles. The summed E-state index contributed by atoms with van der Waals surface area (Å²) in [5, 5.41) is 5.25. The maximum absolute atomic E-state index is 12.3. The number of amides is 1. The zero-order valence-corrected chi connectivity index (χ0v) is 18.4. The number of aryl methyl sites for hydroxylation is 1. The lowest BCUT2D eigenvalue weighted by atomic mass is 10.2. The van der Waals surface area contributed by atoms with Gasteiger partial charge in [-0.25, -0.2) is 4.98 Å². The maximum Gasteiger partial charge on any atom is 0.312 e. The lowest BCUT2D eigenvalue weighted by molar-refractivity contribution is -0.152. The second-order valence-electron chi connectivity index (χ2n) is 6.86. The van der Waals surface area contributed by atoms with Gasteiger partial charge in [0.15, 0.2) is 6.10 Å². The zero-order valence-electron chi connectivity index (χ0n) is 17.6. The van der Waals surface area contributed by atoms with E-state index in [9.17, 15) is 9.59 Å². The summed E-state index contributed by atoms with van der Waals surface area (Å²) in [5.41, 5.74) is 2.33. The Kier molecular flexibility index (Phi) is 7.61. The molecule has 8 heteroatoms. The van der Waals surface area contributed by atoms with E-state index in [4.69, 9.17) is 14.2 Å². The van der Waals surface area contributed by atoms with E-state index in [1.807, 2.05) is 31.2 Å². The summed E-state index contributed by atoms with van der Waals surface area (Å²) >= 11 is 1.41. The van der Waals surface area contributed by atoms with Crippen LogP contribution in [0, 0.1) is 6.92 Å². The molecular formula is C23H24N2O5S. The maximum atomic E-state index is 12.3. The van der Waals surface area contributed by atoms with Crippen molar-refractivity contribution in [2.24, 2.45) is 0 Å². The van der Waals surface area contributed by atoms with Crippen LogP contribution in [0.5, 0.6) is 11.5 Å². The summed E-state index contributed by atoms with van der Waals surface area (Å²) in [6.07, 6.45) is -0.946. The largest absolute Gasteiger partial charge is 0.497 e. The second kappa shape index (κ2) is 10.6. The molecular weight excluding hydrogens is 416 g/mol. The average molecular weight is 441 g/mol. The number of aromatic nitrogens is 1. The molecule has 0 radical (unpaired) electrons. The van der Waals surface area contributed by atoms with Crippen LogP contribution in [0.1, 0.15) is 23.2 Å². The molecule has 0 aliphatic carbocycles. The molecule has 1 amide bonds. The van der Waals surface area contributed by atoms with Crippen molar-refractivity contribution >= 4 is 28.9 Å². The lowest BCUT2D eigenvalue weighted by Gasteiger charge is -2.13. The number of methoxy groups -OCH3 is 1. The summed E-state index contributed by atoms with van der Waals surface area (Å²) in [7, 11) is 1.57. The Morgan fingerprint density at radius 2 is 1.74 bits per heavy atom. The first-order valence-electron chi connectivity index (χ1n) is 9.70. The molecule has 1 heterocycles. The first-order valence-corrected chi connectivity index (χ1v) is 10.6. The Hall–Kier alpha value is -3.39. The van der Waals surface area contributed by atoms with Crippen LogP contribution in [0.2, 0.25) is 0 Å². The van der Waals surface area contributed by atoms with E-state index in [-0.39, 0.29) is 6.42 Å². The number of thiazole rings is 1. The van der Waals surface area contributed by atoms with Crippen LogP contribution < -0.4 is 14.8 Å². The Labute approximate surface area is 185 Å². The number of anilines is 1. The normalized spacial score (nSPS) is 11.5. The fraction of sp³-hybridized carbons (Fsp3) is 0.261. The smallest absolute Gasteiger partial charge is 0.312 e. The number of carbonyl (C=O) groups excluding carboxylic acids is 2. The van der Waals surface area contributed by atoms with Crippen molar-refractivity contribution in [1.29, 1.82) is 0 Å². The lowest BCUT2D eigenvalue weighted by Crippen LogP contribution is -2.30. The predicted molar refractivity (Wildman–Crippen MR) is 119 cm³/mol. The van der Waals surface area contributed by atoms with Gasteiger partial charge in [0.2, 0.25) is 0 Å². The molecule has 2 aromatic carbocycles.